The number of likely N-dealkylation sites (tertiary alicyclic amines) is 1. The molecule has 1 aromatic carbocycles. The first-order valence-corrected chi connectivity index (χ1v) is 10.7. The number of rotatable bonds is 5. The van der Waals surface area contributed by atoms with E-state index >= 15 is 4.39 Å². The third-order valence-electron chi connectivity index (χ3n) is 6.18. The molecule has 1 N–H and O–H groups in total. The first kappa shape index (κ1) is 20.9. The van der Waals surface area contributed by atoms with Gasteiger partial charge in [0.05, 0.1) is 18.9 Å². The zero-order valence-electron chi connectivity index (χ0n) is 17.6. The Morgan fingerprint density at radius 3 is 2.59 bits per heavy atom. The van der Waals surface area contributed by atoms with Gasteiger partial charge in [-0.25, -0.2) is 14.2 Å². The summed E-state index contributed by atoms with van der Waals surface area (Å²) < 4.78 is 46.2. The minimum atomic E-state index is -0.807. The predicted octanol–water partition coefficient (Wildman–Crippen LogP) is 3.51. The molecule has 2 saturated heterocycles. The Labute approximate surface area is 183 Å². The van der Waals surface area contributed by atoms with Crippen LogP contribution in [0.3, 0.4) is 0 Å². The number of fused-ring (bicyclic) bond motifs is 2. The van der Waals surface area contributed by atoms with Gasteiger partial charge >= 0.3 is 6.09 Å². The van der Waals surface area contributed by atoms with Crippen LogP contribution in [0.2, 0.25) is 0 Å². The number of nitrogens with one attached hydrogen (secondary N) is 1. The predicted molar refractivity (Wildman–Crippen MR) is 110 cm³/mol. The van der Waals surface area contributed by atoms with Crippen molar-refractivity contribution in [3.05, 3.63) is 42.2 Å². The van der Waals surface area contributed by atoms with Crippen LogP contribution in [-0.2, 0) is 9.47 Å². The zero-order valence-corrected chi connectivity index (χ0v) is 17.6. The van der Waals surface area contributed by atoms with Crippen molar-refractivity contribution in [3.8, 4) is 5.88 Å². The number of benzene rings is 1. The van der Waals surface area contributed by atoms with Crippen molar-refractivity contribution < 1.29 is 27.8 Å². The largest absolute Gasteiger partial charge is 0.471 e. The highest BCUT2D eigenvalue weighted by atomic mass is 19.1. The Morgan fingerprint density at radius 1 is 1.19 bits per heavy atom. The van der Waals surface area contributed by atoms with Gasteiger partial charge in [-0.2, -0.15) is 9.37 Å². The molecule has 3 atom stereocenters. The number of hydrogen-bond donors (Lipinski definition) is 1. The normalized spacial score (nSPS) is 25.7. The maximum atomic E-state index is 15.1. The third-order valence-corrected chi connectivity index (χ3v) is 6.18. The van der Waals surface area contributed by atoms with Gasteiger partial charge in [0.2, 0.25) is 5.82 Å². The van der Waals surface area contributed by atoms with E-state index in [1.54, 1.807) is 17.0 Å². The quantitative estimate of drug-likeness (QED) is 0.752. The standard InChI is InChI=1S/C22H24F2N4O4/c1-22(6-7-22)32-21(29)28-8-13-10-30-11-14(9-28)18(13)31-20-17(24)19(25-12-26-20)27-16-5-3-2-4-15(16)23/h2-5,12-14,18H,6-11H2,1H3,(H,25,26,27)/t13-,14+,18?. The van der Waals surface area contributed by atoms with Crippen LogP contribution in [0.5, 0.6) is 5.88 Å². The lowest BCUT2D eigenvalue weighted by atomic mass is 9.84. The number of hydrogen-bond acceptors (Lipinski definition) is 7. The van der Waals surface area contributed by atoms with Crippen LogP contribution in [0.4, 0.5) is 25.1 Å². The highest BCUT2D eigenvalue weighted by molar-refractivity contribution is 5.68. The SMILES string of the molecule is CC1(OC(=O)N2C[C@H]3COC[C@@H](C2)C3Oc2ncnc(Nc3ccccc3F)c2F)CC1. The van der Waals surface area contributed by atoms with Gasteiger partial charge in [0, 0.05) is 24.9 Å². The fourth-order valence-corrected chi connectivity index (χ4v) is 4.14. The summed E-state index contributed by atoms with van der Waals surface area (Å²) in [5, 5.41) is 2.64. The van der Waals surface area contributed by atoms with E-state index < -0.39 is 11.6 Å². The second kappa shape index (κ2) is 8.16. The van der Waals surface area contributed by atoms with Gasteiger partial charge in [-0.05, 0) is 31.9 Å². The van der Waals surface area contributed by atoms with Gasteiger partial charge < -0.3 is 24.4 Å². The average Bonchev–Trinajstić information content (AvgIpc) is 3.48. The molecule has 1 aliphatic carbocycles. The van der Waals surface area contributed by atoms with Crippen molar-refractivity contribution in [2.24, 2.45) is 11.8 Å². The molecular formula is C22H24F2N4O4. The summed E-state index contributed by atoms with van der Waals surface area (Å²) in [6.07, 6.45) is 2.21. The summed E-state index contributed by atoms with van der Waals surface area (Å²) >= 11 is 0. The summed E-state index contributed by atoms with van der Waals surface area (Å²) in [5.74, 6) is -2.04. The van der Waals surface area contributed by atoms with E-state index in [1.807, 2.05) is 6.92 Å². The van der Waals surface area contributed by atoms with E-state index in [-0.39, 0.29) is 47.0 Å². The number of anilines is 2. The first-order chi connectivity index (χ1) is 15.4. The lowest BCUT2D eigenvalue weighted by molar-refractivity contribution is -0.112. The Kier molecular flexibility index (Phi) is 5.32. The number of ether oxygens (including phenoxy) is 3. The molecule has 1 unspecified atom stereocenters. The summed E-state index contributed by atoms with van der Waals surface area (Å²) in [4.78, 5) is 22.1. The molecule has 0 radical (unpaired) electrons. The second-order valence-corrected chi connectivity index (χ2v) is 8.81. The zero-order chi connectivity index (χ0) is 22.3. The summed E-state index contributed by atoms with van der Waals surface area (Å²) in [6.45, 7) is 3.48. The fourth-order valence-electron chi connectivity index (χ4n) is 4.14. The van der Waals surface area contributed by atoms with E-state index in [2.05, 4.69) is 15.3 Å². The van der Waals surface area contributed by atoms with Gasteiger partial charge in [0.15, 0.2) is 5.82 Å². The summed E-state index contributed by atoms with van der Waals surface area (Å²) in [6, 6.07) is 5.92. The van der Waals surface area contributed by atoms with Gasteiger partial charge in [0.1, 0.15) is 23.8 Å². The minimum absolute atomic E-state index is 0.0949. The van der Waals surface area contributed by atoms with Gasteiger partial charge in [-0.3, -0.25) is 0 Å². The molecule has 10 heteroatoms. The third kappa shape index (κ3) is 4.19. The Hall–Kier alpha value is -3.01. The molecule has 0 spiro atoms. The highest BCUT2D eigenvalue weighted by Gasteiger charge is 2.47. The van der Waals surface area contributed by atoms with Crippen LogP contribution in [0.25, 0.3) is 0 Å². The van der Waals surface area contributed by atoms with Crippen molar-refractivity contribution in [2.75, 3.05) is 31.6 Å². The lowest BCUT2D eigenvalue weighted by Gasteiger charge is -2.46. The van der Waals surface area contributed by atoms with Gasteiger partial charge in [0.25, 0.3) is 5.88 Å². The van der Waals surface area contributed by atoms with Crippen LogP contribution in [0, 0.1) is 23.5 Å². The molecule has 32 heavy (non-hydrogen) atoms. The topological polar surface area (TPSA) is 85.8 Å². The monoisotopic (exact) mass is 446 g/mol. The Bertz CT molecular complexity index is 1010. The number of halogens is 2. The van der Waals surface area contributed by atoms with Crippen molar-refractivity contribution >= 4 is 17.6 Å². The van der Waals surface area contributed by atoms with E-state index in [0.29, 0.717) is 26.3 Å². The van der Waals surface area contributed by atoms with E-state index in [4.69, 9.17) is 14.2 Å². The molecular weight excluding hydrogens is 422 g/mol. The highest BCUT2D eigenvalue weighted by Crippen LogP contribution is 2.40. The summed E-state index contributed by atoms with van der Waals surface area (Å²) in [5.41, 5.74) is -0.251. The molecule has 3 aliphatic rings. The maximum absolute atomic E-state index is 15.1. The van der Waals surface area contributed by atoms with E-state index in [0.717, 1.165) is 19.2 Å². The molecule has 2 bridgehead atoms. The molecule has 3 heterocycles. The molecule has 5 rings (SSSR count). The Morgan fingerprint density at radius 2 is 1.91 bits per heavy atom. The van der Waals surface area contributed by atoms with Crippen LogP contribution in [-0.4, -0.2) is 59.0 Å². The molecule has 2 aromatic rings. The maximum Gasteiger partial charge on any atom is 0.410 e. The van der Waals surface area contributed by atoms with Crippen molar-refractivity contribution in [3.63, 3.8) is 0 Å². The van der Waals surface area contributed by atoms with Crippen molar-refractivity contribution in [1.29, 1.82) is 0 Å². The molecule has 1 aromatic heterocycles. The lowest BCUT2D eigenvalue weighted by Crippen LogP contribution is -2.59. The van der Waals surface area contributed by atoms with Crippen molar-refractivity contribution in [1.82, 2.24) is 14.9 Å². The molecule has 1 saturated carbocycles. The number of amides is 1. The van der Waals surface area contributed by atoms with Crippen LogP contribution in [0.1, 0.15) is 19.8 Å². The van der Waals surface area contributed by atoms with Crippen LogP contribution < -0.4 is 10.1 Å². The minimum Gasteiger partial charge on any atom is -0.471 e. The van der Waals surface area contributed by atoms with Crippen LogP contribution >= 0.6 is 0 Å². The van der Waals surface area contributed by atoms with Gasteiger partial charge in [-0.1, -0.05) is 12.1 Å². The van der Waals surface area contributed by atoms with Crippen molar-refractivity contribution in [2.45, 2.75) is 31.5 Å². The second-order valence-electron chi connectivity index (χ2n) is 8.81. The molecule has 8 nitrogen and oxygen atoms in total. The average molecular weight is 446 g/mol. The Balaban J connectivity index is 1.30. The van der Waals surface area contributed by atoms with Crippen LogP contribution in [0.15, 0.2) is 30.6 Å². The number of carbonyl (C=O) groups is 1. The smallest absolute Gasteiger partial charge is 0.410 e. The first-order valence-electron chi connectivity index (χ1n) is 10.7. The fraction of sp³-hybridized carbons (Fsp3) is 0.500. The number of piperidine rings is 1. The molecule has 170 valence electrons. The number of nitrogens with zero attached hydrogens (tertiary/aromatic N) is 3. The number of para-hydroxylation sites is 1. The van der Waals surface area contributed by atoms with E-state index in [9.17, 15) is 9.18 Å². The van der Waals surface area contributed by atoms with Gasteiger partial charge in [-0.15, -0.1) is 0 Å². The molecule has 2 aliphatic heterocycles. The van der Waals surface area contributed by atoms with E-state index in [1.165, 1.54) is 12.1 Å². The number of carbonyl (C=O) groups excluding carboxylic acids is 1. The molecule has 1 amide bonds. The molecule has 3 fully saturated rings. The number of aromatic nitrogens is 2. The summed E-state index contributed by atoms with van der Waals surface area (Å²) in [7, 11) is 0.